The summed E-state index contributed by atoms with van der Waals surface area (Å²) in [5.74, 6) is -0.740. The SMILES string of the molecule is Cc1ccccc1COc1ccc(/C=C2/C(=O)NC(=O)N(c3ccc(Br)cc3)C2=O)cc1. The van der Waals surface area contributed by atoms with Crippen LogP contribution in [0, 0.1) is 6.92 Å². The summed E-state index contributed by atoms with van der Waals surface area (Å²) >= 11 is 3.32. The number of barbiturate groups is 1. The molecule has 0 aliphatic carbocycles. The topological polar surface area (TPSA) is 75.7 Å². The number of halogens is 1. The fourth-order valence-electron chi connectivity index (χ4n) is 3.24. The zero-order chi connectivity index (χ0) is 22.7. The molecule has 3 aromatic rings. The van der Waals surface area contributed by atoms with Gasteiger partial charge in [-0.15, -0.1) is 0 Å². The number of hydrogen-bond acceptors (Lipinski definition) is 4. The number of imide groups is 2. The number of benzene rings is 3. The lowest BCUT2D eigenvalue weighted by Gasteiger charge is -2.26. The average molecular weight is 491 g/mol. The minimum Gasteiger partial charge on any atom is -0.489 e. The quantitative estimate of drug-likeness (QED) is 0.403. The second-order valence-electron chi connectivity index (χ2n) is 7.22. The van der Waals surface area contributed by atoms with Crippen LogP contribution in [-0.2, 0) is 16.2 Å². The first kappa shape index (κ1) is 21.5. The number of rotatable bonds is 5. The molecule has 1 fully saturated rings. The highest BCUT2D eigenvalue weighted by atomic mass is 79.9. The van der Waals surface area contributed by atoms with Gasteiger partial charge in [0, 0.05) is 4.47 Å². The Bertz CT molecular complexity index is 1220. The van der Waals surface area contributed by atoms with Crippen LogP contribution >= 0.6 is 15.9 Å². The molecule has 1 aliphatic rings. The van der Waals surface area contributed by atoms with Gasteiger partial charge in [-0.3, -0.25) is 14.9 Å². The minimum absolute atomic E-state index is 0.124. The maximum absolute atomic E-state index is 12.9. The number of hydrogen-bond donors (Lipinski definition) is 1. The normalized spacial score (nSPS) is 15.1. The van der Waals surface area contributed by atoms with Crippen LogP contribution in [0.15, 0.2) is 82.8 Å². The predicted octanol–water partition coefficient (Wildman–Crippen LogP) is 5.00. The van der Waals surface area contributed by atoms with E-state index < -0.39 is 17.8 Å². The molecule has 4 rings (SSSR count). The molecule has 0 unspecified atom stereocenters. The van der Waals surface area contributed by atoms with Crippen molar-refractivity contribution in [3.05, 3.63) is 99.5 Å². The van der Waals surface area contributed by atoms with E-state index >= 15 is 0 Å². The third-order valence-corrected chi connectivity index (χ3v) is 5.56. The summed E-state index contributed by atoms with van der Waals surface area (Å²) in [5, 5.41) is 2.22. The Morgan fingerprint density at radius 1 is 0.938 bits per heavy atom. The van der Waals surface area contributed by atoms with Crippen molar-refractivity contribution in [2.75, 3.05) is 4.90 Å². The minimum atomic E-state index is -0.778. The summed E-state index contributed by atoms with van der Waals surface area (Å²) in [6, 6.07) is 20.9. The van der Waals surface area contributed by atoms with E-state index in [0.717, 1.165) is 20.5 Å². The van der Waals surface area contributed by atoms with Crippen molar-refractivity contribution in [1.29, 1.82) is 0 Å². The standard InChI is InChI=1S/C25H19BrN2O4/c1-16-4-2-3-5-18(16)15-32-21-12-6-17(7-13-21)14-22-23(29)27-25(31)28(24(22)30)20-10-8-19(26)9-11-20/h2-14H,15H2,1H3,(H,27,29,31)/b22-14-. The Kier molecular flexibility index (Phi) is 6.18. The molecule has 0 bridgehead atoms. The Balaban J connectivity index is 1.52. The van der Waals surface area contributed by atoms with Gasteiger partial charge in [0.15, 0.2) is 0 Å². The van der Waals surface area contributed by atoms with E-state index in [9.17, 15) is 14.4 Å². The van der Waals surface area contributed by atoms with Crippen molar-refractivity contribution in [2.45, 2.75) is 13.5 Å². The fraction of sp³-hybridized carbons (Fsp3) is 0.0800. The highest BCUT2D eigenvalue weighted by Crippen LogP contribution is 2.24. The van der Waals surface area contributed by atoms with Crippen LogP contribution < -0.4 is 15.0 Å². The molecule has 0 atom stereocenters. The van der Waals surface area contributed by atoms with Crippen LogP contribution in [0.2, 0.25) is 0 Å². The highest BCUT2D eigenvalue weighted by molar-refractivity contribution is 9.10. The molecule has 1 heterocycles. The van der Waals surface area contributed by atoms with Gasteiger partial charge in [-0.1, -0.05) is 52.3 Å². The summed E-state index contributed by atoms with van der Waals surface area (Å²) in [4.78, 5) is 38.5. The van der Waals surface area contributed by atoms with Crippen molar-refractivity contribution in [3.8, 4) is 5.75 Å². The summed E-state index contributed by atoms with van der Waals surface area (Å²) in [6.07, 6.45) is 1.46. The largest absolute Gasteiger partial charge is 0.489 e. The average Bonchev–Trinajstić information content (AvgIpc) is 2.78. The number of anilines is 1. The van der Waals surface area contributed by atoms with Gasteiger partial charge < -0.3 is 4.74 Å². The van der Waals surface area contributed by atoms with Crippen molar-refractivity contribution in [2.24, 2.45) is 0 Å². The lowest BCUT2D eigenvalue weighted by atomic mass is 10.1. The second kappa shape index (κ2) is 9.20. The molecule has 1 saturated heterocycles. The first-order chi connectivity index (χ1) is 15.4. The third kappa shape index (κ3) is 4.63. The van der Waals surface area contributed by atoms with Gasteiger partial charge >= 0.3 is 6.03 Å². The molecular weight excluding hydrogens is 472 g/mol. The second-order valence-corrected chi connectivity index (χ2v) is 8.13. The van der Waals surface area contributed by atoms with Crippen LogP contribution in [0.5, 0.6) is 5.75 Å². The molecule has 1 N–H and O–H groups in total. The number of urea groups is 1. The van der Waals surface area contributed by atoms with Gasteiger partial charge in [-0.2, -0.15) is 0 Å². The van der Waals surface area contributed by atoms with Crippen LogP contribution in [0.4, 0.5) is 10.5 Å². The Hall–Kier alpha value is -3.71. The number of nitrogens with zero attached hydrogens (tertiary/aromatic N) is 1. The van der Waals surface area contributed by atoms with E-state index in [0.29, 0.717) is 23.6 Å². The van der Waals surface area contributed by atoms with Crippen molar-refractivity contribution in [1.82, 2.24) is 5.32 Å². The summed E-state index contributed by atoms with van der Waals surface area (Å²) < 4.78 is 6.64. The lowest BCUT2D eigenvalue weighted by molar-refractivity contribution is -0.122. The van der Waals surface area contributed by atoms with Crippen LogP contribution in [0.3, 0.4) is 0 Å². The summed E-state index contributed by atoms with van der Waals surface area (Å²) in [6.45, 7) is 2.47. The molecule has 0 saturated carbocycles. The third-order valence-electron chi connectivity index (χ3n) is 5.03. The number of nitrogens with one attached hydrogen (secondary N) is 1. The summed E-state index contributed by atoms with van der Waals surface area (Å²) in [7, 11) is 0. The van der Waals surface area contributed by atoms with E-state index in [1.807, 2.05) is 31.2 Å². The molecule has 1 aliphatic heterocycles. The van der Waals surface area contributed by atoms with E-state index in [2.05, 4.69) is 21.2 Å². The van der Waals surface area contributed by atoms with Gasteiger partial charge in [0.05, 0.1) is 5.69 Å². The Morgan fingerprint density at radius 3 is 2.31 bits per heavy atom. The molecule has 32 heavy (non-hydrogen) atoms. The van der Waals surface area contributed by atoms with E-state index in [-0.39, 0.29) is 5.57 Å². The van der Waals surface area contributed by atoms with Crippen molar-refractivity contribution in [3.63, 3.8) is 0 Å². The predicted molar refractivity (Wildman–Crippen MR) is 125 cm³/mol. The molecule has 7 heteroatoms. The molecule has 3 aromatic carbocycles. The molecule has 0 radical (unpaired) electrons. The number of carbonyl (C=O) groups is 3. The van der Waals surface area contributed by atoms with Gasteiger partial charge in [-0.25, -0.2) is 9.69 Å². The Labute approximate surface area is 193 Å². The smallest absolute Gasteiger partial charge is 0.335 e. The maximum Gasteiger partial charge on any atom is 0.335 e. The number of carbonyl (C=O) groups excluding carboxylic acids is 3. The number of amides is 4. The molecule has 4 amide bonds. The maximum atomic E-state index is 12.9. The van der Waals surface area contributed by atoms with Crippen LogP contribution in [-0.4, -0.2) is 17.8 Å². The van der Waals surface area contributed by atoms with E-state index in [1.165, 1.54) is 6.08 Å². The van der Waals surface area contributed by atoms with Crippen molar-refractivity contribution < 1.29 is 19.1 Å². The first-order valence-electron chi connectivity index (χ1n) is 9.87. The lowest BCUT2D eigenvalue weighted by Crippen LogP contribution is -2.54. The van der Waals surface area contributed by atoms with Gasteiger partial charge in [0.25, 0.3) is 11.8 Å². The van der Waals surface area contributed by atoms with Crippen LogP contribution in [0.25, 0.3) is 6.08 Å². The van der Waals surface area contributed by atoms with Crippen molar-refractivity contribution >= 4 is 45.5 Å². The van der Waals surface area contributed by atoms with Gasteiger partial charge in [0.1, 0.15) is 17.9 Å². The summed E-state index contributed by atoms with van der Waals surface area (Å²) in [5.41, 5.74) is 3.13. The van der Waals surface area contributed by atoms with E-state index in [4.69, 9.17) is 4.74 Å². The first-order valence-corrected chi connectivity index (χ1v) is 10.7. The molecule has 6 nitrogen and oxygen atoms in total. The number of ether oxygens (including phenoxy) is 1. The fourth-order valence-corrected chi connectivity index (χ4v) is 3.51. The molecule has 0 aromatic heterocycles. The van der Waals surface area contributed by atoms with E-state index in [1.54, 1.807) is 48.5 Å². The molecule has 0 spiro atoms. The Morgan fingerprint density at radius 2 is 1.62 bits per heavy atom. The zero-order valence-electron chi connectivity index (χ0n) is 17.2. The highest BCUT2D eigenvalue weighted by Gasteiger charge is 2.36. The van der Waals surface area contributed by atoms with Gasteiger partial charge in [-0.05, 0) is 66.1 Å². The zero-order valence-corrected chi connectivity index (χ0v) is 18.8. The molecular formula is C25H19BrN2O4. The van der Waals surface area contributed by atoms with Crippen LogP contribution in [0.1, 0.15) is 16.7 Å². The molecule has 160 valence electrons. The van der Waals surface area contributed by atoms with Gasteiger partial charge in [0.2, 0.25) is 0 Å². The number of aryl methyl sites for hydroxylation is 1. The monoisotopic (exact) mass is 490 g/mol.